The van der Waals surface area contributed by atoms with E-state index in [-0.39, 0.29) is 5.91 Å². The molecule has 1 aliphatic heterocycles. The van der Waals surface area contributed by atoms with Gasteiger partial charge in [0.2, 0.25) is 0 Å². The highest BCUT2D eigenvalue weighted by atomic mass is 16.5. The summed E-state index contributed by atoms with van der Waals surface area (Å²) in [5.41, 5.74) is 5.64. The van der Waals surface area contributed by atoms with Crippen LogP contribution in [0, 0.1) is 13.8 Å². The Hall–Kier alpha value is -4.57. The number of nitrogens with one attached hydrogen (secondary N) is 2. The van der Waals surface area contributed by atoms with Crippen LogP contribution in [0.3, 0.4) is 0 Å². The number of fused-ring (bicyclic) bond motifs is 2. The molecule has 5 heterocycles. The molecule has 1 saturated heterocycles. The van der Waals surface area contributed by atoms with Crippen LogP contribution in [0.2, 0.25) is 0 Å². The fraction of sp³-hybridized carbons (Fsp3) is 0.276. The maximum atomic E-state index is 13.6. The van der Waals surface area contributed by atoms with Crippen LogP contribution in [0.25, 0.3) is 16.7 Å². The number of carbonyl (C=O) groups excluding carboxylic acids is 1. The fourth-order valence-corrected chi connectivity index (χ4v) is 5.18. The summed E-state index contributed by atoms with van der Waals surface area (Å²) in [6.45, 7) is 9.88. The normalized spacial score (nSPS) is 17.5. The summed E-state index contributed by atoms with van der Waals surface area (Å²) < 4.78 is 7.97. The predicted octanol–water partition coefficient (Wildman–Crippen LogP) is 4.52. The van der Waals surface area contributed by atoms with Crippen molar-refractivity contribution in [1.82, 2.24) is 29.7 Å². The third kappa shape index (κ3) is 4.98. The molecule has 6 rings (SSSR count). The highest BCUT2D eigenvalue weighted by Crippen LogP contribution is 2.31. The molecule has 2 atom stereocenters. The van der Waals surface area contributed by atoms with Gasteiger partial charge in [-0.2, -0.15) is 0 Å². The number of hydrogen-bond acceptors (Lipinski definition) is 8. The van der Waals surface area contributed by atoms with E-state index in [1.807, 2.05) is 54.9 Å². The second-order valence-electron chi connectivity index (χ2n) is 10.2. The highest BCUT2D eigenvalue weighted by molar-refractivity contribution is 6.13. The Morgan fingerprint density at radius 2 is 1.74 bits per heavy atom. The van der Waals surface area contributed by atoms with E-state index in [4.69, 9.17) is 4.74 Å². The summed E-state index contributed by atoms with van der Waals surface area (Å²) in [5, 5.41) is 6.58. The average molecular weight is 523 g/mol. The summed E-state index contributed by atoms with van der Waals surface area (Å²) >= 11 is 0. The van der Waals surface area contributed by atoms with E-state index in [0.717, 1.165) is 30.2 Å². The number of hydrogen-bond donors (Lipinski definition) is 2. The number of amides is 1. The summed E-state index contributed by atoms with van der Waals surface area (Å²) in [5.74, 6) is 0.807. The molecule has 1 fully saturated rings. The lowest BCUT2D eigenvalue weighted by molar-refractivity contribution is 0.102. The van der Waals surface area contributed by atoms with Gasteiger partial charge >= 0.3 is 0 Å². The number of anilines is 2. The summed E-state index contributed by atoms with van der Waals surface area (Å²) in [6.07, 6.45) is 8.66. The van der Waals surface area contributed by atoms with E-state index in [1.165, 1.54) is 0 Å². The SMILES string of the molecule is Cc1ccc(Oc2cc(NC(=O)c3ccc(N4C[C@@H](C)N[C@H](C)C4)c4nccnc34)cn3cc(C)nc23)cn1. The van der Waals surface area contributed by atoms with Crippen molar-refractivity contribution in [3.05, 3.63) is 78.3 Å². The lowest BCUT2D eigenvalue weighted by Crippen LogP contribution is -2.54. The van der Waals surface area contributed by atoms with Crippen molar-refractivity contribution in [2.45, 2.75) is 39.8 Å². The first kappa shape index (κ1) is 24.7. The molecule has 10 heteroatoms. The van der Waals surface area contributed by atoms with Crippen LogP contribution in [-0.4, -0.2) is 55.4 Å². The lowest BCUT2D eigenvalue weighted by atomic mass is 10.1. The summed E-state index contributed by atoms with van der Waals surface area (Å²) in [4.78, 5) is 34.0. The number of imidazole rings is 1. The molecule has 39 heavy (non-hydrogen) atoms. The van der Waals surface area contributed by atoms with Crippen molar-refractivity contribution in [1.29, 1.82) is 0 Å². The quantitative estimate of drug-likeness (QED) is 0.347. The Morgan fingerprint density at radius 3 is 2.49 bits per heavy atom. The number of benzene rings is 1. The Balaban J connectivity index is 1.34. The van der Waals surface area contributed by atoms with Gasteiger partial charge in [-0.1, -0.05) is 0 Å². The second-order valence-corrected chi connectivity index (χ2v) is 10.2. The largest absolute Gasteiger partial charge is 0.452 e. The van der Waals surface area contributed by atoms with Crippen molar-refractivity contribution in [3.8, 4) is 11.5 Å². The third-order valence-electron chi connectivity index (χ3n) is 6.75. The van der Waals surface area contributed by atoms with Gasteiger partial charge in [-0.15, -0.1) is 0 Å². The molecule has 0 bridgehead atoms. The van der Waals surface area contributed by atoms with Crippen LogP contribution in [0.4, 0.5) is 11.4 Å². The fourth-order valence-electron chi connectivity index (χ4n) is 5.18. The molecule has 0 radical (unpaired) electrons. The van der Waals surface area contributed by atoms with Gasteiger partial charge in [0, 0.05) is 61.7 Å². The van der Waals surface area contributed by atoms with Crippen molar-refractivity contribution >= 4 is 34.0 Å². The number of pyridine rings is 2. The first-order valence-electron chi connectivity index (χ1n) is 13.0. The molecular weight excluding hydrogens is 492 g/mol. The zero-order chi connectivity index (χ0) is 27.1. The second kappa shape index (κ2) is 9.95. The van der Waals surface area contributed by atoms with E-state index in [2.05, 4.69) is 49.3 Å². The molecule has 1 aromatic carbocycles. The number of aryl methyl sites for hydroxylation is 2. The van der Waals surface area contributed by atoms with E-state index in [0.29, 0.717) is 51.5 Å². The molecule has 0 saturated carbocycles. The van der Waals surface area contributed by atoms with Crippen molar-refractivity contribution < 1.29 is 9.53 Å². The zero-order valence-corrected chi connectivity index (χ0v) is 22.3. The van der Waals surface area contributed by atoms with Gasteiger partial charge in [0.15, 0.2) is 11.4 Å². The molecule has 10 nitrogen and oxygen atoms in total. The molecular formula is C29H30N8O2. The van der Waals surface area contributed by atoms with Crippen LogP contribution in [-0.2, 0) is 0 Å². The van der Waals surface area contributed by atoms with E-state index >= 15 is 0 Å². The van der Waals surface area contributed by atoms with E-state index in [1.54, 1.807) is 24.7 Å². The van der Waals surface area contributed by atoms with Crippen LogP contribution in [0.5, 0.6) is 11.5 Å². The first-order valence-corrected chi connectivity index (χ1v) is 13.0. The van der Waals surface area contributed by atoms with Crippen LogP contribution >= 0.6 is 0 Å². The van der Waals surface area contributed by atoms with E-state index in [9.17, 15) is 4.79 Å². The minimum absolute atomic E-state index is 0.284. The first-order chi connectivity index (χ1) is 18.8. The van der Waals surface area contributed by atoms with Gasteiger partial charge in [0.05, 0.1) is 28.8 Å². The van der Waals surface area contributed by atoms with Gasteiger partial charge in [0.25, 0.3) is 5.91 Å². The summed E-state index contributed by atoms with van der Waals surface area (Å²) in [6, 6.07) is 9.99. The molecule has 1 aliphatic rings. The summed E-state index contributed by atoms with van der Waals surface area (Å²) in [7, 11) is 0. The average Bonchev–Trinajstić information content (AvgIpc) is 3.29. The molecule has 0 aliphatic carbocycles. The van der Waals surface area contributed by atoms with Gasteiger partial charge in [-0.05, 0) is 52.0 Å². The van der Waals surface area contributed by atoms with Crippen molar-refractivity contribution in [2.24, 2.45) is 0 Å². The molecule has 4 aromatic heterocycles. The number of ether oxygens (including phenoxy) is 1. The van der Waals surface area contributed by atoms with Crippen molar-refractivity contribution in [3.63, 3.8) is 0 Å². The zero-order valence-electron chi connectivity index (χ0n) is 22.3. The van der Waals surface area contributed by atoms with Crippen LogP contribution < -0.4 is 20.3 Å². The Morgan fingerprint density at radius 1 is 0.974 bits per heavy atom. The molecule has 5 aromatic rings. The smallest absolute Gasteiger partial charge is 0.257 e. The Kier molecular flexibility index (Phi) is 6.32. The monoisotopic (exact) mass is 522 g/mol. The number of rotatable bonds is 5. The van der Waals surface area contributed by atoms with Crippen LogP contribution in [0.1, 0.15) is 35.6 Å². The molecule has 0 unspecified atom stereocenters. The third-order valence-corrected chi connectivity index (χ3v) is 6.75. The number of nitrogens with zero attached hydrogens (tertiary/aromatic N) is 6. The minimum atomic E-state index is -0.284. The number of piperazine rings is 1. The van der Waals surface area contributed by atoms with Crippen LogP contribution in [0.15, 0.2) is 61.3 Å². The molecule has 2 N–H and O–H groups in total. The van der Waals surface area contributed by atoms with Crippen molar-refractivity contribution in [2.75, 3.05) is 23.3 Å². The topological polar surface area (TPSA) is 110 Å². The minimum Gasteiger partial charge on any atom is -0.452 e. The molecule has 198 valence electrons. The maximum absolute atomic E-state index is 13.6. The number of carbonyl (C=O) groups is 1. The van der Waals surface area contributed by atoms with Gasteiger partial charge < -0.3 is 24.7 Å². The van der Waals surface area contributed by atoms with Gasteiger partial charge in [-0.25, -0.2) is 4.98 Å². The molecule has 0 spiro atoms. The predicted molar refractivity (Wildman–Crippen MR) is 151 cm³/mol. The van der Waals surface area contributed by atoms with E-state index < -0.39 is 0 Å². The molecule has 1 amide bonds. The maximum Gasteiger partial charge on any atom is 0.257 e. The Labute approximate surface area is 226 Å². The highest BCUT2D eigenvalue weighted by Gasteiger charge is 2.25. The Bertz CT molecular complexity index is 1670. The lowest BCUT2D eigenvalue weighted by Gasteiger charge is -2.38. The van der Waals surface area contributed by atoms with Gasteiger partial charge in [0.1, 0.15) is 16.8 Å². The standard InChI is InChI=1S/C29H30N8O2/c1-17-5-6-22(12-32-17)39-25-11-21(16-37-15-20(4)34-28(25)37)35-29(38)23-7-8-24(27-26(23)30-9-10-31-27)36-13-18(2)33-19(3)14-36/h5-12,15-16,18-19,33H,13-14H2,1-4H3,(H,35,38)/t18-,19-/m1/s1. The number of aromatic nitrogens is 5. The van der Waals surface area contributed by atoms with Gasteiger partial charge in [-0.3, -0.25) is 19.7 Å².